The number of amides is 1. The van der Waals surface area contributed by atoms with Crippen LogP contribution in [0.25, 0.3) is 10.4 Å². The first-order valence-electron chi connectivity index (χ1n) is 11.9. The zero-order chi connectivity index (χ0) is 26.4. The minimum Gasteiger partial charge on any atom is -0.495 e. The number of hydrogen-bond donors (Lipinski definition) is 4. The van der Waals surface area contributed by atoms with E-state index in [2.05, 4.69) is 38.0 Å². The van der Waals surface area contributed by atoms with Gasteiger partial charge < -0.3 is 10.1 Å². The number of carbonyl (C=O) groups is 1. The number of sulfonamides is 1. The van der Waals surface area contributed by atoms with Crippen molar-refractivity contribution >= 4 is 32.4 Å². The first kappa shape index (κ1) is 30.8. The molecule has 2 atom stereocenters. The molecule has 5 N–H and O–H groups in total. The quantitative estimate of drug-likeness (QED) is 0.160. The summed E-state index contributed by atoms with van der Waals surface area (Å²) in [5.74, 6) is 0.605. The third kappa shape index (κ3) is 11.4. The second-order valence-corrected chi connectivity index (χ2v) is 11.1. The predicted molar refractivity (Wildman–Crippen MR) is 141 cm³/mol. The normalized spacial score (nSPS) is 12.8. The molecule has 1 aromatic heterocycles. The number of hydroxylamine groups is 1. The fourth-order valence-corrected chi connectivity index (χ4v) is 4.98. The highest BCUT2D eigenvalue weighted by molar-refractivity contribution is 7.89. The van der Waals surface area contributed by atoms with Crippen molar-refractivity contribution in [3.8, 4) is 16.2 Å². The van der Waals surface area contributed by atoms with Crippen molar-refractivity contribution in [2.45, 2.75) is 83.6 Å². The smallest absolute Gasteiger partial charge is 0.243 e. The van der Waals surface area contributed by atoms with Crippen LogP contribution in [0.5, 0.6) is 5.75 Å². The molecule has 0 fully saturated rings. The van der Waals surface area contributed by atoms with Gasteiger partial charge in [0.2, 0.25) is 15.9 Å². The van der Waals surface area contributed by atoms with Crippen LogP contribution in [-0.2, 0) is 14.8 Å². The molecular formula is C24H40N4O5S2. The maximum atomic E-state index is 11.8. The maximum Gasteiger partial charge on any atom is 0.243 e. The summed E-state index contributed by atoms with van der Waals surface area (Å²) in [4.78, 5) is 15.6. The van der Waals surface area contributed by atoms with Gasteiger partial charge in [-0.05, 0) is 49.4 Å². The molecule has 9 nitrogen and oxygen atoms in total. The van der Waals surface area contributed by atoms with Crippen molar-refractivity contribution in [2.75, 3.05) is 12.4 Å². The van der Waals surface area contributed by atoms with Gasteiger partial charge in [0.05, 0.1) is 12.0 Å². The molecule has 0 aliphatic carbocycles. The fourth-order valence-electron chi connectivity index (χ4n) is 3.33. The van der Waals surface area contributed by atoms with E-state index >= 15 is 0 Å². The molecule has 1 heterocycles. The van der Waals surface area contributed by atoms with Crippen LogP contribution >= 0.6 is 11.3 Å². The average molecular weight is 529 g/mol. The predicted octanol–water partition coefficient (Wildman–Crippen LogP) is 5.16. The largest absolute Gasteiger partial charge is 0.495 e. The minimum atomic E-state index is -3.86. The lowest BCUT2D eigenvalue weighted by Gasteiger charge is -2.16. The summed E-state index contributed by atoms with van der Waals surface area (Å²) in [6, 6.07) is 5.25. The molecule has 11 heteroatoms. The van der Waals surface area contributed by atoms with E-state index in [0.717, 1.165) is 41.3 Å². The first-order chi connectivity index (χ1) is 16.5. The molecule has 2 aromatic rings. The van der Waals surface area contributed by atoms with Crippen LogP contribution in [0.3, 0.4) is 0 Å². The summed E-state index contributed by atoms with van der Waals surface area (Å²) in [5.41, 5.74) is 2.34. The summed E-state index contributed by atoms with van der Waals surface area (Å²) in [7, 11) is -2.45. The van der Waals surface area contributed by atoms with E-state index in [-0.39, 0.29) is 16.6 Å². The van der Waals surface area contributed by atoms with Crippen LogP contribution in [0.2, 0.25) is 0 Å². The third-order valence-corrected chi connectivity index (χ3v) is 7.37. The number of thiazole rings is 1. The summed E-state index contributed by atoms with van der Waals surface area (Å²) in [6.07, 6.45) is 8.68. The van der Waals surface area contributed by atoms with Crippen LogP contribution in [0.15, 0.2) is 29.3 Å². The van der Waals surface area contributed by atoms with Gasteiger partial charge in [-0.3, -0.25) is 10.0 Å². The number of nitrogens with one attached hydrogen (secondary N) is 2. The standard InChI is InChI=1S/C17H25N3O3S2.C7H15NO2/c1-5-11(2)8-12(3)20-17-19-10-15(24-17)13-6-7-14(23-4)16(9-13)25(18,21)22;1-2-3-4-5-6-7(9)8-10/h6-7,9-12H,5,8H2,1-4H3,(H,19,20)(H2,18,21,22);10H,2-6H2,1H3,(H,8,9). The molecule has 1 amide bonds. The third-order valence-electron chi connectivity index (χ3n) is 5.47. The SMILES string of the molecule is CCC(C)CC(C)Nc1ncc(-c2ccc(OC)c(S(N)(=O)=O)c2)s1.CCCCCCC(=O)NO. The van der Waals surface area contributed by atoms with Gasteiger partial charge in [0, 0.05) is 18.7 Å². The van der Waals surface area contributed by atoms with Crippen LogP contribution in [-0.4, -0.2) is 37.7 Å². The summed E-state index contributed by atoms with van der Waals surface area (Å²) in [5, 5.41) is 17.6. The molecule has 0 saturated heterocycles. The van der Waals surface area contributed by atoms with Crippen LogP contribution in [0, 0.1) is 5.92 Å². The molecule has 2 rings (SSSR count). The summed E-state index contributed by atoms with van der Waals surface area (Å²) in [6.45, 7) is 8.68. The number of aromatic nitrogens is 1. The van der Waals surface area contributed by atoms with Gasteiger partial charge in [0.1, 0.15) is 10.6 Å². The van der Waals surface area contributed by atoms with Gasteiger partial charge in [0.25, 0.3) is 0 Å². The van der Waals surface area contributed by atoms with Crippen molar-refractivity contribution < 1.29 is 23.2 Å². The molecule has 0 saturated carbocycles. The van der Waals surface area contributed by atoms with Crippen molar-refractivity contribution in [3.63, 3.8) is 0 Å². The Balaban J connectivity index is 0.000000518. The second kappa shape index (κ2) is 15.7. The number of hydrogen-bond acceptors (Lipinski definition) is 8. The number of benzene rings is 1. The van der Waals surface area contributed by atoms with Crippen LogP contribution in [0.1, 0.15) is 72.6 Å². The number of ether oxygens (including phenoxy) is 1. The number of unbranched alkanes of at least 4 members (excludes halogenated alkanes) is 3. The number of nitrogens with two attached hydrogens (primary N) is 1. The van der Waals surface area contributed by atoms with Gasteiger partial charge in [0.15, 0.2) is 5.13 Å². The van der Waals surface area contributed by atoms with Gasteiger partial charge in [-0.1, -0.05) is 57.8 Å². The van der Waals surface area contributed by atoms with E-state index in [4.69, 9.17) is 15.1 Å². The molecule has 2 unspecified atom stereocenters. The zero-order valence-corrected chi connectivity index (χ0v) is 23.0. The number of rotatable bonds is 13. The molecular weight excluding hydrogens is 488 g/mol. The molecule has 1 aromatic carbocycles. The topological polar surface area (TPSA) is 144 Å². The van der Waals surface area contributed by atoms with Crippen molar-refractivity contribution in [1.29, 1.82) is 0 Å². The van der Waals surface area contributed by atoms with E-state index in [1.54, 1.807) is 23.8 Å². The van der Waals surface area contributed by atoms with Crippen molar-refractivity contribution in [3.05, 3.63) is 24.4 Å². The average Bonchev–Trinajstić information content (AvgIpc) is 3.29. The minimum absolute atomic E-state index is 0.0273. The Morgan fingerprint density at radius 2 is 1.94 bits per heavy atom. The number of carbonyl (C=O) groups excluding carboxylic acids is 1. The zero-order valence-electron chi connectivity index (χ0n) is 21.3. The highest BCUT2D eigenvalue weighted by atomic mass is 32.2. The molecule has 35 heavy (non-hydrogen) atoms. The van der Waals surface area contributed by atoms with Crippen LogP contribution in [0.4, 0.5) is 5.13 Å². The molecule has 198 valence electrons. The second-order valence-electron chi connectivity index (χ2n) is 8.58. The highest BCUT2D eigenvalue weighted by Crippen LogP contribution is 2.34. The molecule has 0 spiro atoms. The van der Waals surface area contributed by atoms with E-state index < -0.39 is 10.0 Å². The monoisotopic (exact) mass is 528 g/mol. The number of nitrogens with zero attached hydrogens (tertiary/aromatic N) is 1. The molecule has 0 aliphatic rings. The molecule has 0 radical (unpaired) electrons. The maximum absolute atomic E-state index is 11.8. The van der Waals surface area contributed by atoms with Gasteiger partial charge in [-0.2, -0.15) is 0 Å². The van der Waals surface area contributed by atoms with Gasteiger partial charge >= 0.3 is 0 Å². The Bertz CT molecular complexity index is 1010. The highest BCUT2D eigenvalue weighted by Gasteiger charge is 2.17. The van der Waals surface area contributed by atoms with Crippen LogP contribution < -0.4 is 20.7 Å². The summed E-state index contributed by atoms with van der Waals surface area (Å²) >= 11 is 1.48. The number of methoxy groups -OCH3 is 1. The Kier molecular flexibility index (Phi) is 13.8. The Hall–Kier alpha value is -2.21. The van der Waals surface area contributed by atoms with Gasteiger partial charge in [-0.25, -0.2) is 24.0 Å². The lowest BCUT2D eigenvalue weighted by molar-refractivity contribution is -0.129. The number of primary sulfonamides is 1. The molecule has 0 bridgehead atoms. The Labute approximate surface area is 213 Å². The summed E-state index contributed by atoms with van der Waals surface area (Å²) < 4.78 is 28.6. The van der Waals surface area contributed by atoms with Crippen molar-refractivity contribution in [1.82, 2.24) is 10.5 Å². The Morgan fingerprint density at radius 3 is 2.51 bits per heavy atom. The van der Waals surface area contributed by atoms with Crippen molar-refractivity contribution in [2.24, 2.45) is 11.1 Å². The van der Waals surface area contributed by atoms with E-state index in [0.29, 0.717) is 18.4 Å². The van der Waals surface area contributed by atoms with Gasteiger partial charge in [-0.15, -0.1) is 0 Å². The first-order valence-corrected chi connectivity index (χ1v) is 14.3. The van der Waals surface area contributed by atoms with E-state index in [1.807, 2.05) is 0 Å². The van der Waals surface area contributed by atoms with E-state index in [1.165, 1.54) is 37.4 Å². The lowest BCUT2D eigenvalue weighted by atomic mass is 10.0. The lowest BCUT2D eigenvalue weighted by Crippen LogP contribution is -2.17. The fraction of sp³-hybridized carbons (Fsp3) is 0.583. The number of anilines is 1. The Morgan fingerprint density at radius 1 is 1.23 bits per heavy atom. The molecule has 0 aliphatic heterocycles. The van der Waals surface area contributed by atoms with E-state index in [9.17, 15) is 13.2 Å².